The average molecular weight is 364 g/mol. The Morgan fingerprint density at radius 1 is 1.35 bits per heavy atom. The van der Waals surface area contributed by atoms with Crippen molar-refractivity contribution in [3.8, 4) is 5.75 Å². The van der Waals surface area contributed by atoms with Crippen LogP contribution in [0.2, 0.25) is 0 Å². The van der Waals surface area contributed by atoms with Crippen LogP contribution in [0.5, 0.6) is 5.75 Å². The number of likely N-dealkylation sites (N-methyl/N-ethyl adjacent to an activating group) is 1. The third kappa shape index (κ3) is 7.22. The normalized spacial score (nSPS) is 17.3. The molecule has 1 atom stereocenters. The molecule has 1 N–H and O–H groups in total. The molecule has 2 rings (SSSR count). The molecule has 0 amide bonds. The fraction of sp³-hybridized carbons (Fsp3) is 0.650. The zero-order chi connectivity index (χ0) is 18.6. The summed E-state index contributed by atoms with van der Waals surface area (Å²) in [5, 5.41) is 3.37. The summed E-state index contributed by atoms with van der Waals surface area (Å²) >= 11 is 0. The monoisotopic (exact) mass is 363 g/mol. The predicted octanol–water partition coefficient (Wildman–Crippen LogP) is 2.32. The molecule has 1 aliphatic rings. The van der Waals surface area contributed by atoms with Crippen LogP contribution in [0.1, 0.15) is 18.4 Å². The van der Waals surface area contributed by atoms with Gasteiger partial charge in [0.2, 0.25) is 0 Å². The lowest BCUT2D eigenvalue weighted by Crippen LogP contribution is -2.41. The number of guanidine groups is 1. The van der Waals surface area contributed by atoms with E-state index in [-0.39, 0.29) is 0 Å². The summed E-state index contributed by atoms with van der Waals surface area (Å²) in [5.41, 5.74) is 1.15. The van der Waals surface area contributed by atoms with Crippen LogP contribution in [-0.2, 0) is 9.47 Å². The minimum atomic E-state index is 0.579. The van der Waals surface area contributed by atoms with Crippen LogP contribution in [0, 0.1) is 12.8 Å². The number of aryl methyl sites for hydroxylation is 1. The van der Waals surface area contributed by atoms with E-state index in [9.17, 15) is 0 Å². The van der Waals surface area contributed by atoms with Gasteiger partial charge in [-0.25, -0.2) is 0 Å². The van der Waals surface area contributed by atoms with Gasteiger partial charge in [-0.1, -0.05) is 18.2 Å². The fourth-order valence-electron chi connectivity index (χ4n) is 2.84. The van der Waals surface area contributed by atoms with Gasteiger partial charge in [0.05, 0.1) is 19.8 Å². The van der Waals surface area contributed by atoms with Crippen molar-refractivity contribution in [3.63, 3.8) is 0 Å². The van der Waals surface area contributed by atoms with Crippen LogP contribution < -0.4 is 10.1 Å². The number of para-hydroxylation sites is 1. The molecule has 0 radical (unpaired) electrons. The molecule has 0 spiro atoms. The quantitative estimate of drug-likeness (QED) is 0.393. The number of benzene rings is 1. The van der Waals surface area contributed by atoms with Crippen molar-refractivity contribution in [2.75, 3.05) is 60.2 Å². The molecule has 146 valence electrons. The first-order chi connectivity index (χ1) is 12.7. The molecule has 6 heteroatoms. The molecule has 26 heavy (non-hydrogen) atoms. The van der Waals surface area contributed by atoms with Crippen molar-refractivity contribution in [2.24, 2.45) is 10.9 Å². The maximum atomic E-state index is 5.85. The number of nitrogens with one attached hydrogen (secondary N) is 1. The molecule has 1 aromatic rings. The fourth-order valence-corrected chi connectivity index (χ4v) is 2.84. The third-order valence-corrected chi connectivity index (χ3v) is 4.48. The molecule has 1 aromatic carbocycles. The zero-order valence-electron chi connectivity index (χ0n) is 16.4. The number of hydrogen-bond donors (Lipinski definition) is 1. The Kier molecular flexibility index (Phi) is 9.28. The van der Waals surface area contributed by atoms with E-state index < -0.39 is 0 Å². The Labute approximate surface area is 157 Å². The van der Waals surface area contributed by atoms with Crippen LogP contribution in [0.25, 0.3) is 0 Å². The van der Waals surface area contributed by atoms with Gasteiger partial charge in [-0.05, 0) is 31.4 Å². The molecular formula is C20H33N3O3. The Hall–Kier alpha value is -1.79. The SMILES string of the molecule is CN=C(NCCCOCC1CCOC1)N(C)CCOc1ccccc1C. The van der Waals surface area contributed by atoms with E-state index in [4.69, 9.17) is 14.2 Å². The van der Waals surface area contributed by atoms with Gasteiger partial charge in [-0.3, -0.25) is 4.99 Å². The average Bonchev–Trinajstić information content (AvgIpc) is 3.16. The second kappa shape index (κ2) is 11.8. The standard InChI is InChI=1S/C20H33N3O3/c1-17-7-4-5-8-19(17)26-14-11-23(3)20(21-2)22-10-6-12-24-15-18-9-13-25-16-18/h4-5,7-8,18H,6,9-16H2,1-3H3,(H,21,22). The first kappa shape index (κ1) is 20.5. The van der Waals surface area contributed by atoms with Gasteiger partial charge in [0, 0.05) is 39.8 Å². The van der Waals surface area contributed by atoms with Crippen molar-refractivity contribution >= 4 is 5.96 Å². The molecule has 0 aliphatic carbocycles. The molecule has 0 saturated carbocycles. The molecule has 0 aromatic heterocycles. The highest BCUT2D eigenvalue weighted by Crippen LogP contribution is 2.15. The molecule has 1 fully saturated rings. The molecular weight excluding hydrogens is 330 g/mol. The first-order valence-electron chi connectivity index (χ1n) is 9.46. The van der Waals surface area contributed by atoms with E-state index in [1.807, 2.05) is 25.2 Å². The second-order valence-corrected chi connectivity index (χ2v) is 6.67. The third-order valence-electron chi connectivity index (χ3n) is 4.48. The summed E-state index contributed by atoms with van der Waals surface area (Å²) in [5.74, 6) is 2.39. The van der Waals surface area contributed by atoms with Crippen molar-refractivity contribution < 1.29 is 14.2 Å². The lowest BCUT2D eigenvalue weighted by atomic mass is 10.1. The van der Waals surface area contributed by atoms with Crippen LogP contribution in [-0.4, -0.2) is 71.1 Å². The van der Waals surface area contributed by atoms with Gasteiger partial charge in [0.15, 0.2) is 5.96 Å². The van der Waals surface area contributed by atoms with Gasteiger partial charge in [0.1, 0.15) is 12.4 Å². The highest BCUT2D eigenvalue weighted by molar-refractivity contribution is 5.79. The van der Waals surface area contributed by atoms with Gasteiger partial charge < -0.3 is 24.4 Å². The smallest absolute Gasteiger partial charge is 0.193 e. The van der Waals surface area contributed by atoms with E-state index in [0.29, 0.717) is 12.5 Å². The lowest BCUT2D eigenvalue weighted by molar-refractivity contribution is 0.0887. The molecule has 1 heterocycles. The van der Waals surface area contributed by atoms with E-state index in [2.05, 4.69) is 28.2 Å². The van der Waals surface area contributed by atoms with Crippen LogP contribution in [0.15, 0.2) is 29.3 Å². The van der Waals surface area contributed by atoms with Crippen molar-refractivity contribution in [1.29, 1.82) is 0 Å². The predicted molar refractivity (Wildman–Crippen MR) is 105 cm³/mol. The second-order valence-electron chi connectivity index (χ2n) is 6.67. The van der Waals surface area contributed by atoms with Crippen molar-refractivity contribution in [2.45, 2.75) is 19.8 Å². The highest BCUT2D eigenvalue weighted by atomic mass is 16.5. The maximum absolute atomic E-state index is 5.85. The molecule has 1 unspecified atom stereocenters. The number of nitrogens with zero attached hydrogens (tertiary/aromatic N) is 2. The number of ether oxygens (including phenoxy) is 3. The Morgan fingerprint density at radius 2 is 2.19 bits per heavy atom. The molecule has 6 nitrogen and oxygen atoms in total. The molecule has 1 saturated heterocycles. The zero-order valence-corrected chi connectivity index (χ0v) is 16.4. The van der Waals surface area contributed by atoms with Crippen molar-refractivity contribution in [1.82, 2.24) is 10.2 Å². The minimum Gasteiger partial charge on any atom is -0.491 e. The Bertz CT molecular complexity index is 545. The van der Waals surface area contributed by atoms with Gasteiger partial charge in [0.25, 0.3) is 0 Å². The summed E-state index contributed by atoms with van der Waals surface area (Å²) in [6.45, 7) is 7.59. The summed E-state index contributed by atoms with van der Waals surface area (Å²) in [6, 6.07) is 8.07. The summed E-state index contributed by atoms with van der Waals surface area (Å²) in [4.78, 5) is 6.41. The van der Waals surface area contributed by atoms with Gasteiger partial charge in [-0.2, -0.15) is 0 Å². The van der Waals surface area contributed by atoms with E-state index >= 15 is 0 Å². The van der Waals surface area contributed by atoms with Gasteiger partial charge >= 0.3 is 0 Å². The topological polar surface area (TPSA) is 55.3 Å². The summed E-state index contributed by atoms with van der Waals surface area (Å²) in [7, 11) is 3.82. The van der Waals surface area contributed by atoms with Crippen LogP contribution in [0.4, 0.5) is 0 Å². The molecule has 0 bridgehead atoms. The lowest BCUT2D eigenvalue weighted by Gasteiger charge is -2.22. The van der Waals surface area contributed by atoms with E-state index in [1.165, 1.54) is 0 Å². The van der Waals surface area contributed by atoms with Crippen LogP contribution >= 0.6 is 0 Å². The summed E-state index contributed by atoms with van der Waals surface area (Å²) in [6.07, 6.45) is 2.08. The largest absolute Gasteiger partial charge is 0.491 e. The van der Waals surface area contributed by atoms with Gasteiger partial charge in [-0.15, -0.1) is 0 Å². The van der Waals surface area contributed by atoms with Crippen LogP contribution in [0.3, 0.4) is 0 Å². The number of rotatable bonds is 10. The highest BCUT2D eigenvalue weighted by Gasteiger charge is 2.15. The number of hydrogen-bond acceptors (Lipinski definition) is 4. The maximum Gasteiger partial charge on any atom is 0.193 e. The number of aliphatic imine (C=N–C) groups is 1. The Balaban J connectivity index is 1.56. The Morgan fingerprint density at radius 3 is 2.92 bits per heavy atom. The van der Waals surface area contributed by atoms with E-state index in [1.54, 1.807) is 7.05 Å². The first-order valence-corrected chi connectivity index (χ1v) is 9.46. The molecule has 1 aliphatic heterocycles. The van der Waals surface area contributed by atoms with Crippen molar-refractivity contribution in [3.05, 3.63) is 29.8 Å². The minimum absolute atomic E-state index is 0.579. The summed E-state index contributed by atoms with van der Waals surface area (Å²) < 4.78 is 16.9. The van der Waals surface area contributed by atoms with E-state index in [0.717, 1.165) is 69.6 Å².